The van der Waals surface area contributed by atoms with E-state index in [9.17, 15) is 9.59 Å². The molecule has 6 nitrogen and oxygen atoms in total. The molecule has 0 saturated carbocycles. The van der Waals surface area contributed by atoms with Gasteiger partial charge in [0.1, 0.15) is 11.3 Å². The van der Waals surface area contributed by atoms with E-state index in [1.54, 1.807) is 6.08 Å². The number of para-hydroxylation sites is 2. The number of fused-ring (bicyclic) bond motifs is 2. The second-order valence-electron chi connectivity index (χ2n) is 6.85. The van der Waals surface area contributed by atoms with Gasteiger partial charge in [0.2, 0.25) is 0 Å². The van der Waals surface area contributed by atoms with E-state index in [-0.39, 0.29) is 12.6 Å². The molecule has 30 heavy (non-hydrogen) atoms. The van der Waals surface area contributed by atoms with E-state index in [2.05, 4.69) is 10.3 Å². The van der Waals surface area contributed by atoms with Crippen LogP contribution in [0.3, 0.4) is 0 Å². The minimum absolute atomic E-state index is 0.346. The highest BCUT2D eigenvalue weighted by molar-refractivity contribution is 5.89. The molecular formula is C24H20N2O4. The van der Waals surface area contributed by atoms with Crippen LogP contribution in [0, 0.1) is 0 Å². The van der Waals surface area contributed by atoms with Gasteiger partial charge in [0.25, 0.3) is 5.91 Å². The summed E-state index contributed by atoms with van der Waals surface area (Å²) in [6.07, 6.45) is 2.82. The third kappa shape index (κ3) is 4.55. The number of aromatic nitrogens is 1. The first-order valence-electron chi connectivity index (χ1n) is 9.57. The highest BCUT2D eigenvalue weighted by atomic mass is 16.5. The highest BCUT2D eigenvalue weighted by Gasteiger charge is 2.15. The van der Waals surface area contributed by atoms with Crippen molar-refractivity contribution in [1.82, 2.24) is 10.3 Å². The zero-order valence-electron chi connectivity index (χ0n) is 16.4. The van der Waals surface area contributed by atoms with Gasteiger partial charge in [-0.15, -0.1) is 0 Å². The van der Waals surface area contributed by atoms with E-state index in [0.29, 0.717) is 11.5 Å². The topological polar surface area (TPSA) is 81.4 Å². The molecule has 1 atom stereocenters. The number of furan rings is 1. The van der Waals surface area contributed by atoms with Crippen LogP contribution in [-0.2, 0) is 14.3 Å². The zero-order chi connectivity index (χ0) is 20.9. The van der Waals surface area contributed by atoms with Gasteiger partial charge in [-0.05, 0) is 37.3 Å². The predicted molar refractivity (Wildman–Crippen MR) is 115 cm³/mol. The van der Waals surface area contributed by atoms with Gasteiger partial charge in [0, 0.05) is 16.8 Å². The molecule has 4 aromatic rings. The lowest BCUT2D eigenvalue weighted by atomic mass is 10.2. The number of nitrogens with one attached hydrogen (secondary N) is 1. The zero-order valence-corrected chi connectivity index (χ0v) is 16.4. The number of hydrogen-bond donors (Lipinski definition) is 1. The molecule has 0 spiro atoms. The summed E-state index contributed by atoms with van der Waals surface area (Å²) in [5.74, 6) is -0.386. The van der Waals surface area contributed by atoms with Gasteiger partial charge in [-0.2, -0.15) is 0 Å². The van der Waals surface area contributed by atoms with E-state index in [4.69, 9.17) is 9.15 Å². The number of pyridine rings is 1. The third-order valence-electron chi connectivity index (χ3n) is 4.60. The van der Waals surface area contributed by atoms with Crippen molar-refractivity contribution < 1.29 is 18.7 Å². The summed E-state index contributed by atoms with van der Waals surface area (Å²) in [6.45, 7) is 1.43. The molecule has 0 radical (unpaired) electrons. The van der Waals surface area contributed by atoms with E-state index in [1.165, 1.54) is 6.08 Å². The van der Waals surface area contributed by atoms with E-state index in [1.807, 2.05) is 73.7 Å². The number of carbonyl (C=O) groups is 2. The first kappa shape index (κ1) is 19.4. The second kappa shape index (κ2) is 8.61. The standard InChI is InChI=1S/C24H20N2O4/c1-16(22-14-18-7-3-5-9-21(18)30-22)25-23(27)15-29-24(28)13-12-19-11-10-17-6-2-4-8-20(17)26-19/h2-14,16H,15H2,1H3,(H,25,27)/b13-12+/t16-/m0/s1. The fourth-order valence-electron chi connectivity index (χ4n) is 3.08. The van der Waals surface area contributed by atoms with Gasteiger partial charge in [-0.3, -0.25) is 4.79 Å². The molecule has 0 aliphatic carbocycles. The van der Waals surface area contributed by atoms with Crippen molar-refractivity contribution in [1.29, 1.82) is 0 Å². The fourth-order valence-corrected chi connectivity index (χ4v) is 3.08. The minimum atomic E-state index is -0.614. The van der Waals surface area contributed by atoms with Crippen LogP contribution in [0.2, 0.25) is 0 Å². The van der Waals surface area contributed by atoms with Crippen LogP contribution in [-0.4, -0.2) is 23.5 Å². The van der Waals surface area contributed by atoms with Crippen LogP contribution >= 0.6 is 0 Å². The molecule has 0 fully saturated rings. The lowest BCUT2D eigenvalue weighted by Gasteiger charge is -2.11. The maximum absolute atomic E-state index is 12.1. The van der Waals surface area contributed by atoms with Crippen LogP contribution in [0.1, 0.15) is 24.4 Å². The average molecular weight is 400 g/mol. The maximum atomic E-state index is 12.1. The Bertz CT molecular complexity index is 1210. The molecule has 1 amide bonds. The molecule has 1 N–H and O–H groups in total. The number of nitrogens with zero attached hydrogens (tertiary/aromatic N) is 1. The SMILES string of the molecule is C[C@H](NC(=O)COC(=O)/C=C/c1ccc2ccccc2n1)c1cc2ccccc2o1. The fraction of sp³-hybridized carbons (Fsp3) is 0.125. The van der Waals surface area contributed by atoms with Crippen LogP contribution in [0.15, 0.2) is 77.2 Å². The number of carbonyl (C=O) groups excluding carboxylic acids is 2. The largest absolute Gasteiger partial charge is 0.459 e. The molecule has 4 rings (SSSR count). The van der Waals surface area contributed by atoms with Crippen molar-refractivity contribution in [3.63, 3.8) is 0 Å². The molecule has 150 valence electrons. The molecule has 0 saturated heterocycles. The van der Waals surface area contributed by atoms with E-state index >= 15 is 0 Å². The first-order valence-corrected chi connectivity index (χ1v) is 9.57. The molecular weight excluding hydrogens is 380 g/mol. The van der Waals surface area contributed by atoms with Crippen molar-refractivity contribution in [2.75, 3.05) is 6.61 Å². The summed E-state index contributed by atoms with van der Waals surface area (Å²) in [4.78, 5) is 28.5. The predicted octanol–water partition coefficient (Wildman–Crippen LogP) is 4.41. The smallest absolute Gasteiger partial charge is 0.331 e. The normalized spacial score (nSPS) is 12.3. The van der Waals surface area contributed by atoms with Gasteiger partial charge >= 0.3 is 5.97 Å². The lowest BCUT2D eigenvalue weighted by Crippen LogP contribution is -2.30. The van der Waals surface area contributed by atoms with Gasteiger partial charge in [0.05, 0.1) is 17.3 Å². The van der Waals surface area contributed by atoms with Crippen LogP contribution in [0.5, 0.6) is 0 Å². The van der Waals surface area contributed by atoms with Gasteiger partial charge in [-0.1, -0.05) is 42.5 Å². The van der Waals surface area contributed by atoms with Crippen molar-refractivity contribution in [2.24, 2.45) is 0 Å². The van der Waals surface area contributed by atoms with E-state index in [0.717, 1.165) is 21.9 Å². The minimum Gasteiger partial charge on any atom is -0.459 e. The first-order chi connectivity index (χ1) is 14.6. The van der Waals surface area contributed by atoms with Crippen LogP contribution in [0.25, 0.3) is 27.9 Å². The van der Waals surface area contributed by atoms with Gasteiger partial charge in [0.15, 0.2) is 6.61 Å². The summed E-state index contributed by atoms with van der Waals surface area (Å²) in [7, 11) is 0. The Morgan fingerprint density at radius 3 is 2.67 bits per heavy atom. The summed E-state index contributed by atoms with van der Waals surface area (Å²) < 4.78 is 10.7. The number of benzene rings is 2. The third-order valence-corrected chi connectivity index (χ3v) is 4.60. The average Bonchev–Trinajstić information content (AvgIpc) is 3.20. The van der Waals surface area contributed by atoms with E-state index < -0.39 is 11.9 Å². The number of amides is 1. The van der Waals surface area contributed by atoms with Crippen LogP contribution in [0.4, 0.5) is 0 Å². The Balaban J connectivity index is 1.29. The summed E-state index contributed by atoms with van der Waals surface area (Å²) >= 11 is 0. The quantitative estimate of drug-likeness (QED) is 0.383. The lowest BCUT2D eigenvalue weighted by molar-refractivity contribution is -0.144. The molecule has 2 heterocycles. The Kier molecular flexibility index (Phi) is 5.57. The Morgan fingerprint density at radius 1 is 1.07 bits per heavy atom. The van der Waals surface area contributed by atoms with Crippen molar-refractivity contribution in [2.45, 2.75) is 13.0 Å². The number of hydrogen-bond acceptors (Lipinski definition) is 5. The summed E-state index contributed by atoms with van der Waals surface area (Å²) in [6, 6.07) is 20.6. The van der Waals surface area contributed by atoms with Gasteiger partial charge < -0.3 is 14.5 Å². The number of rotatable bonds is 6. The van der Waals surface area contributed by atoms with Crippen molar-refractivity contribution in [3.05, 3.63) is 84.3 Å². The molecule has 2 aromatic heterocycles. The van der Waals surface area contributed by atoms with Gasteiger partial charge in [-0.25, -0.2) is 9.78 Å². The Morgan fingerprint density at radius 2 is 1.83 bits per heavy atom. The molecule has 2 aromatic carbocycles. The monoisotopic (exact) mass is 400 g/mol. The summed E-state index contributed by atoms with van der Waals surface area (Å²) in [5, 5.41) is 4.75. The highest BCUT2D eigenvalue weighted by Crippen LogP contribution is 2.23. The van der Waals surface area contributed by atoms with Crippen LogP contribution < -0.4 is 5.32 Å². The number of esters is 1. The summed E-state index contributed by atoms with van der Waals surface area (Å²) in [5.41, 5.74) is 2.23. The maximum Gasteiger partial charge on any atom is 0.331 e. The van der Waals surface area contributed by atoms with Crippen molar-refractivity contribution >= 4 is 39.8 Å². The Hall–Kier alpha value is -3.93. The van der Waals surface area contributed by atoms with Crippen molar-refractivity contribution in [3.8, 4) is 0 Å². The molecule has 0 unspecified atom stereocenters. The second-order valence-corrected chi connectivity index (χ2v) is 6.85. The molecule has 0 aliphatic heterocycles. The Labute approximate surface area is 173 Å². The number of ether oxygens (including phenoxy) is 1. The molecule has 6 heteroatoms. The molecule has 0 aliphatic rings. The molecule has 0 bridgehead atoms.